The third-order valence-corrected chi connectivity index (χ3v) is 0.917. The first-order valence-electron chi connectivity index (χ1n) is 3.44. The molecule has 0 fully saturated rings. The van der Waals surface area contributed by atoms with Crippen LogP contribution in [0.2, 0.25) is 0 Å². The molecule has 76 valence electrons. The number of carboxylic acids is 1. The van der Waals surface area contributed by atoms with Crippen molar-refractivity contribution in [1.82, 2.24) is 0 Å². The van der Waals surface area contributed by atoms with Gasteiger partial charge in [-0.3, -0.25) is 9.59 Å². The summed E-state index contributed by atoms with van der Waals surface area (Å²) in [5.41, 5.74) is 0. The normalized spacial score (nSPS) is 7.85. The molecule has 0 aromatic carbocycles. The number of ketones is 1. The van der Waals surface area contributed by atoms with Gasteiger partial charge in [0.25, 0.3) is 0 Å². The highest BCUT2D eigenvalue weighted by molar-refractivity contribution is 5.94. The molecule has 0 aliphatic rings. The molecule has 0 radical (unpaired) electrons. The number of carboxylic acid groups (broad SMARTS) is 2. The van der Waals surface area contributed by atoms with Gasteiger partial charge in [-0.25, -0.2) is 4.79 Å². The molecule has 0 aliphatic heterocycles. The minimum atomic E-state index is -1.25. The van der Waals surface area contributed by atoms with Gasteiger partial charge in [0.1, 0.15) is 12.2 Å². The molecule has 0 amide bonds. The van der Waals surface area contributed by atoms with Gasteiger partial charge >= 0.3 is 12.1 Å². The van der Waals surface area contributed by atoms with Crippen molar-refractivity contribution >= 4 is 17.9 Å². The largest absolute Gasteiger partial charge is 0.505 e. The van der Waals surface area contributed by atoms with E-state index in [1.807, 2.05) is 0 Å². The lowest BCUT2D eigenvalue weighted by molar-refractivity contribution is -0.140. The van der Waals surface area contributed by atoms with Gasteiger partial charge in [-0.2, -0.15) is 0 Å². The van der Waals surface area contributed by atoms with Crippen molar-refractivity contribution in [2.45, 2.75) is 19.8 Å². The Hall–Kier alpha value is -1.59. The van der Waals surface area contributed by atoms with Gasteiger partial charge in [-0.15, -0.1) is 0 Å². The Morgan fingerprint density at radius 2 is 1.62 bits per heavy atom. The molecular formula is C7H12O6. The van der Waals surface area contributed by atoms with Crippen LogP contribution in [0.15, 0.2) is 0 Å². The Morgan fingerprint density at radius 3 is 1.69 bits per heavy atom. The third-order valence-electron chi connectivity index (χ3n) is 0.917. The van der Waals surface area contributed by atoms with Crippen LogP contribution in [0.1, 0.15) is 19.8 Å². The van der Waals surface area contributed by atoms with Crippen LogP contribution in [0, 0.1) is 0 Å². The Morgan fingerprint density at radius 1 is 1.23 bits per heavy atom. The number of aliphatic carboxylic acids is 1. The van der Waals surface area contributed by atoms with Crippen molar-refractivity contribution in [3.05, 3.63) is 0 Å². The molecule has 0 rings (SSSR count). The van der Waals surface area contributed by atoms with Crippen molar-refractivity contribution in [3.8, 4) is 0 Å². The summed E-state index contributed by atoms with van der Waals surface area (Å²) in [6, 6.07) is 0. The molecular weight excluding hydrogens is 180 g/mol. The van der Waals surface area contributed by atoms with Gasteiger partial charge in [0, 0.05) is 6.42 Å². The van der Waals surface area contributed by atoms with Crippen molar-refractivity contribution in [1.29, 1.82) is 0 Å². The maximum atomic E-state index is 10.2. The number of rotatable bonds is 3. The number of ether oxygens (including phenoxy) is 1. The van der Waals surface area contributed by atoms with Gasteiger partial charge in [-0.1, -0.05) is 6.92 Å². The fraction of sp³-hybridized carbons (Fsp3) is 0.571. The Labute approximate surface area is 75.1 Å². The summed E-state index contributed by atoms with van der Waals surface area (Å²) in [6.07, 6.45) is -1.27. The second-order valence-corrected chi connectivity index (χ2v) is 1.93. The van der Waals surface area contributed by atoms with E-state index < -0.39 is 12.1 Å². The molecule has 0 aromatic heterocycles. The van der Waals surface area contributed by atoms with E-state index in [0.717, 1.165) is 7.11 Å². The minimum Gasteiger partial charge on any atom is -0.481 e. The number of Topliss-reactive ketones (excluding diaryl/α,β-unsaturated/α-hetero) is 1. The summed E-state index contributed by atoms with van der Waals surface area (Å²) >= 11 is 0. The summed E-state index contributed by atoms with van der Waals surface area (Å²) < 4.78 is 3.67. The third kappa shape index (κ3) is 17.9. The maximum absolute atomic E-state index is 10.2. The fourth-order valence-electron chi connectivity index (χ4n) is 0.294. The average molecular weight is 192 g/mol. The van der Waals surface area contributed by atoms with Crippen LogP contribution in [0.4, 0.5) is 4.79 Å². The average Bonchev–Trinajstić information content (AvgIpc) is 2.04. The molecule has 0 saturated carbocycles. The van der Waals surface area contributed by atoms with Gasteiger partial charge in [-0.05, 0) is 0 Å². The number of carbonyl (C=O) groups is 3. The van der Waals surface area contributed by atoms with Gasteiger partial charge in [0.05, 0.1) is 7.11 Å². The van der Waals surface area contributed by atoms with E-state index in [2.05, 4.69) is 4.74 Å². The number of hydrogen-bond acceptors (Lipinski definition) is 4. The van der Waals surface area contributed by atoms with E-state index in [9.17, 15) is 9.59 Å². The SMILES string of the molecule is CCC(=O)CC(=O)O.COC(=O)O. The predicted molar refractivity (Wildman–Crippen MR) is 42.6 cm³/mol. The first-order valence-corrected chi connectivity index (χ1v) is 3.44. The molecule has 0 bridgehead atoms. The number of carbonyl (C=O) groups excluding carboxylic acids is 1. The predicted octanol–water partition coefficient (Wildman–Crippen LogP) is 0.751. The topological polar surface area (TPSA) is 101 Å². The second-order valence-electron chi connectivity index (χ2n) is 1.93. The lowest BCUT2D eigenvalue weighted by Crippen LogP contribution is -2.04. The highest BCUT2D eigenvalue weighted by atomic mass is 16.6. The van der Waals surface area contributed by atoms with Crippen molar-refractivity contribution in [2.24, 2.45) is 0 Å². The molecule has 6 nitrogen and oxygen atoms in total. The zero-order chi connectivity index (χ0) is 10.9. The van der Waals surface area contributed by atoms with Crippen LogP contribution in [0.3, 0.4) is 0 Å². The zero-order valence-electron chi connectivity index (χ0n) is 7.44. The number of hydrogen-bond donors (Lipinski definition) is 2. The van der Waals surface area contributed by atoms with Crippen molar-refractivity contribution in [2.75, 3.05) is 7.11 Å². The van der Waals surface area contributed by atoms with Crippen LogP contribution in [0.5, 0.6) is 0 Å². The molecule has 13 heavy (non-hydrogen) atoms. The van der Waals surface area contributed by atoms with Crippen LogP contribution >= 0.6 is 0 Å². The summed E-state index contributed by atoms with van der Waals surface area (Å²) in [4.78, 5) is 29.1. The first kappa shape index (κ1) is 14.0. The fourth-order valence-corrected chi connectivity index (χ4v) is 0.294. The Kier molecular flexibility index (Phi) is 9.14. The van der Waals surface area contributed by atoms with Gasteiger partial charge in [0.15, 0.2) is 0 Å². The van der Waals surface area contributed by atoms with Gasteiger partial charge in [0.2, 0.25) is 0 Å². The molecule has 0 aromatic rings. The molecule has 0 atom stereocenters. The summed E-state index contributed by atoms with van der Waals surface area (Å²) in [5.74, 6) is -1.27. The van der Waals surface area contributed by atoms with Crippen molar-refractivity contribution < 1.29 is 29.3 Å². The van der Waals surface area contributed by atoms with Crippen LogP contribution < -0.4 is 0 Å². The van der Waals surface area contributed by atoms with Crippen LogP contribution in [-0.4, -0.2) is 35.2 Å². The van der Waals surface area contributed by atoms with Crippen LogP contribution in [0.25, 0.3) is 0 Å². The van der Waals surface area contributed by atoms with E-state index in [1.54, 1.807) is 6.92 Å². The van der Waals surface area contributed by atoms with E-state index in [4.69, 9.17) is 15.0 Å². The zero-order valence-corrected chi connectivity index (χ0v) is 7.44. The summed E-state index contributed by atoms with van der Waals surface area (Å²) in [7, 11) is 1.10. The van der Waals surface area contributed by atoms with E-state index in [1.165, 1.54) is 0 Å². The molecule has 2 N–H and O–H groups in total. The summed E-state index contributed by atoms with van der Waals surface area (Å²) in [5, 5.41) is 15.5. The molecule has 6 heteroatoms. The molecule has 0 spiro atoms. The van der Waals surface area contributed by atoms with E-state index in [0.29, 0.717) is 6.42 Å². The van der Waals surface area contributed by atoms with E-state index in [-0.39, 0.29) is 12.2 Å². The van der Waals surface area contributed by atoms with E-state index >= 15 is 0 Å². The molecule has 0 unspecified atom stereocenters. The quantitative estimate of drug-likeness (QED) is 0.505. The molecule has 0 heterocycles. The molecule has 0 aliphatic carbocycles. The highest BCUT2D eigenvalue weighted by Gasteiger charge is 2.02. The van der Waals surface area contributed by atoms with Gasteiger partial charge < -0.3 is 14.9 Å². The summed E-state index contributed by atoms with van der Waals surface area (Å²) in [6.45, 7) is 1.64. The Balaban J connectivity index is 0. The first-order chi connectivity index (χ1) is 5.93. The maximum Gasteiger partial charge on any atom is 0.505 e. The van der Waals surface area contributed by atoms with Crippen LogP contribution in [-0.2, 0) is 14.3 Å². The monoisotopic (exact) mass is 192 g/mol. The smallest absolute Gasteiger partial charge is 0.481 e. The molecule has 0 saturated heterocycles. The lowest BCUT2D eigenvalue weighted by atomic mass is 10.2. The second kappa shape index (κ2) is 8.51. The Bertz CT molecular complexity index is 185. The lowest BCUT2D eigenvalue weighted by Gasteiger charge is -1.86. The minimum absolute atomic E-state index is 0.225. The van der Waals surface area contributed by atoms with Crippen molar-refractivity contribution in [3.63, 3.8) is 0 Å². The number of methoxy groups -OCH3 is 1. The standard InChI is InChI=1S/C5H8O3.C2H4O3/c1-2-4(6)3-5(7)8;1-5-2(3)4/h2-3H2,1H3,(H,7,8);1H3,(H,3,4). The highest BCUT2D eigenvalue weighted by Crippen LogP contribution is 1.86.